The summed E-state index contributed by atoms with van der Waals surface area (Å²) in [6.07, 6.45) is 0. The minimum absolute atomic E-state index is 0.0167. The molecule has 0 fully saturated rings. The van der Waals surface area contributed by atoms with Crippen molar-refractivity contribution in [2.75, 3.05) is 0 Å². The lowest BCUT2D eigenvalue weighted by atomic mass is 10.3. The lowest BCUT2D eigenvalue weighted by Crippen LogP contribution is -1.81. The van der Waals surface area contributed by atoms with E-state index in [1.807, 2.05) is 0 Å². The maximum atomic E-state index is 13.9. The molecule has 0 bridgehead atoms. The first-order valence-corrected chi connectivity index (χ1v) is 7.86. The molecular weight excluding hydrogens is 352 g/mol. The van der Waals surface area contributed by atoms with Crippen molar-refractivity contribution in [3.63, 3.8) is 0 Å². The molecule has 3 aromatic heterocycles. The highest BCUT2D eigenvalue weighted by molar-refractivity contribution is 7.11. The van der Waals surface area contributed by atoms with Crippen LogP contribution in [0.1, 0.15) is 21.5 Å². The third-order valence-corrected chi connectivity index (χ3v) is 4.39. The van der Waals surface area contributed by atoms with Gasteiger partial charge < -0.3 is 4.42 Å². The molecule has 0 saturated heterocycles. The van der Waals surface area contributed by atoms with Gasteiger partial charge in [0.05, 0.1) is 9.75 Å². The molecule has 0 aliphatic heterocycles. The van der Waals surface area contributed by atoms with Crippen LogP contribution in [-0.4, -0.2) is 10.2 Å². The Morgan fingerprint density at radius 1 is 0.739 bits per heavy atom. The van der Waals surface area contributed by atoms with Crippen LogP contribution in [0.4, 0.5) is 17.6 Å². The first-order valence-electron chi connectivity index (χ1n) is 6.10. The van der Waals surface area contributed by atoms with E-state index >= 15 is 0 Å². The number of rotatable bonds is 4. The van der Waals surface area contributed by atoms with Crippen LogP contribution in [0.3, 0.4) is 0 Å². The zero-order valence-corrected chi connectivity index (χ0v) is 12.7. The zero-order chi connectivity index (χ0) is 16.4. The van der Waals surface area contributed by atoms with Crippen molar-refractivity contribution < 1.29 is 22.0 Å². The minimum atomic E-state index is -1.43. The highest BCUT2D eigenvalue weighted by Crippen LogP contribution is 2.34. The fraction of sp³-hybridized carbons (Fsp3) is 0. The molecule has 118 valence electrons. The Balaban J connectivity index is 1.95. The topological polar surface area (TPSA) is 38.9 Å². The third-order valence-electron chi connectivity index (χ3n) is 2.66. The Kier molecular flexibility index (Phi) is 4.39. The molecule has 3 nitrogen and oxygen atoms in total. The van der Waals surface area contributed by atoms with Crippen LogP contribution in [0.15, 0.2) is 39.4 Å². The van der Waals surface area contributed by atoms with Crippen LogP contribution < -0.4 is 0 Å². The molecule has 0 unspecified atom stereocenters. The van der Waals surface area contributed by atoms with Gasteiger partial charge in [0.25, 0.3) is 11.8 Å². The summed E-state index contributed by atoms with van der Waals surface area (Å²) in [5.41, 5.74) is 0. The van der Waals surface area contributed by atoms with Gasteiger partial charge in [0, 0.05) is 0 Å². The van der Waals surface area contributed by atoms with E-state index < -0.39 is 35.1 Å². The molecule has 0 saturated carbocycles. The predicted molar refractivity (Wildman–Crippen MR) is 81.0 cm³/mol. The van der Waals surface area contributed by atoms with E-state index in [0.29, 0.717) is 0 Å². The van der Waals surface area contributed by atoms with Gasteiger partial charge in [0.1, 0.15) is 0 Å². The highest BCUT2D eigenvalue weighted by Gasteiger charge is 2.22. The fourth-order valence-corrected chi connectivity index (χ4v) is 2.92. The lowest BCUT2D eigenvalue weighted by molar-refractivity contribution is 0.486. The lowest BCUT2D eigenvalue weighted by Gasteiger charge is -1.95. The van der Waals surface area contributed by atoms with Crippen molar-refractivity contribution in [3.8, 4) is 0 Å². The zero-order valence-electron chi connectivity index (χ0n) is 11.1. The van der Waals surface area contributed by atoms with E-state index in [1.165, 1.54) is 24.3 Å². The second kappa shape index (κ2) is 6.47. The molecule has 0 atom stereocenters. The maximum absolute atomic E-state index is 13.9. The number of thiophene rings is 2. The molecule has 0 spiro atoms. The Bertz CT molecular complexity index is 796. The Hall–Kier alpha value is -2.26. The van der Waals surface area contributed by atoms with E-state index in [1.54, 1.807) is 10.8 Å². The van der Waals surface area contributed by atoms with Gasteiger partial charge in [-0.2, -0.15) is 8.78 Å². The quantitative estimate of drug-likeness (QED) is 0.560. The average molecular weight is 358 g/mol. The summed E-state index contributed by atoms with van der Waals surface area (Å²) in [5.74, 6) is -7.01. The van der Waals surface area contributed by atoms with Gasteiger partial charge in [0.2, 0.25) is 11.7 Å². The van der Waals surface area contributed by atoms with Crippen molar-refractivity contribution in [3.05, 3.63) is 56.6 Å². The molecule has 3 rings (SSSR count). The van der Waals surface area contributed by atoms with E-state index in [9.17, 15) is 17.6 Å². The maximum Gasteiger partial charge on any atom is 0.280 e. The number of hydrogen-bond acceptors (Lipinski definition) is 5. The molecule has 0 amide bonds. The van der Waals surface area contributed by atoms with Gasteiger partial charge in [-0.15, -0.1) is 32.9 Å². The summed E-state index contributed by atoms with van der Waals surface area (Å²) in [7, 11) is 0. The number of halogens is 4. The molecule has 0 aliphatic carbocycles. The van der Waals surface area contributed by atoms with E-state index in [-0.39, 0.29) is 9.75 Å². The largest absolute Gasteiger partial charge is 0.412 e. The van der Waals surface area contributed by atoms with Crippen molar-refractivity contribution in [1.82, 2.24) is 10.2 Å². The van der Waals surface area contributed by atoms with Crippen LogP contribution in [-0.2, 0) is 0 Å². The SMILES string of the molecule is F/C(=C(\F)c1cccs1)c1nnc(/C(F)=C(/F)c2cccs2)o1. The first-order chi connectivity index (χ1) is 11.1. The van der Waals surface area contributed by atoms with Gasteiger partial charge in [-0.3, -0.25) is 0 Å². The van der Waals surface area contributed by atoms with Gasteiger partial charge in [-0.1, -0.05) is 12.1 Å². The van der Waals surface area contributed by atoms with Crippen molar-refractivity contribution in [1.29, 1.82) is 0 Å². The summed E-state index contributed by atoms with van der Waals surface area (Å²) >= 11 is 1.93. The molecule has 3 aromatic rings. The number of nitrogens with zero attached hydrogens (tertiary/aromatic N) is 2. The van der Waals surface area contributed by atoms with Crippen molar-refractivity contribution in [2.24, 2.45) is 0 Å². The van der Waals surface area contributed by atoms with Crippen molar-refractivity contribution >= 4 is 46.0 Å². The number of aromatic nitrogens is 2. The second-order valence-electron chi connectivity index (χ2n) is 4.12. The molecule has 0 N–H and O–H groups in total. The minimum Gasteiger partial charge on any atom is -0.412 e. The van der Waals surface area contributed by atoms with Crippen LogP contribution in [0.2, 0.25) is 0 Å². The Morgan fingerprint density at radius 3 is 1.52 bits per heavy atom. The highest BCUT2D eigenvalue weighted by atomic mass is 32.1. The second-order valence-corrected chi connectivity index (χ2v) is 6.02. The molecule has 0 aliphatic rings. The predicted octanol–water partition coefficient (Wildman–Crippen LogP) is 5.72. The summed E-state index contributed by atoms with van der Waals surface area (Å²) in [6, 6.07) is 5.78. The van der Waals surface area contributed by atoms with E-state index in [2.05, 4.69) is 14.6 Å². The fourth-order valence-electron chi connectivity index (χ4n) is 1.61. The van der Waals surface area contributed by atoms with Gasteiger partial charge in [-0.25, -0.2) is 8.78 Å². The van der Waals surface area contributed by atoms with Gasteiger partial charge >= 0.3 is 0 Å². The summed E-state index contributed by atoms with van der Waals surface area (Å²) in [5, 5.41) is 9.53. The summed E-state index contributed by atoms with van der Waals surface area (Å²) in [6.45, 7) is 0. The smallest absolute Gasteiger partial charge is 0.280 e. The van der Waals surface area contributed by atoms with Crippen LogP contribution in [0.5, 0.6) is 0 Å². The average Bonchev–Trinajstić information content (AvgIpc) is 3.33. The van der Waals surface area contributed by atoms with E-state index in [4.69, 9.17) is 0 Å². The molecule has 9 heteroatoms. The summed E-state index contributed by atoms with van der Waals surface area (Å²) < 4.78 is 60.2. The molecule has 23 heavy (non-hydrogen) atoms. The van der Waals surface area contributed by atoms with Crippen molar-refractivity contribution in [2.45, 2.75) is 0 Å². The normalized spacial score (nSPS) is 13.7. The third kappa shape index (κ3) is 3.10. The van der Waals surface area contributed by atoms with Crippen LogP contribution >= 0.6 is 22.7 Å². The molecule has 0 radical (unpaired) electrons. The van der Waals surface area contributed by atoms with E-state index in [0.717, 1.165) is 22.7 Å². The molecule has 3 heterocycles. The summed E-state index contributed by atoms with van der Waals surface area (Å²) in [4.78, 5) is 0.0334. The van der Waals surface area contributed by atoms with Gasteiger partial charge in [-0.05, 0) is 22.9 Å². The standard InChI is InChI=1S/C14H6F4N2OS2/c15-9(7-3-1-5-22-7)11(17)13-19-20-14(21-13)12(18)10(16)8-4-2-6-23-8/h1-6H/b11-9-,12-10-. The Morgan fingerprint density at radius 2 is 1.17 bits per heavy atom. The van der Waals surface area contributed by atoms with Crippen LogP contribution in [0, 0.1) is 0 Å². The first kappa shape index (κ1) is 15.6. The monoisotopic (exact) mass is 358 g/mol. The van der Waals surface area contributed by atoms with Gasteiger partial charge in [0.15, 0.2) is 11.7 Å². The number of hydrogen-bond donors (Lipinski definition) is 0. The molecule has 0 aromatic carbocycles. The van der Waals surface area contributed by atoms with Crippen LogP contribution in [0.25, 0.3) is 23.3 Å². The molecular formula is C14H6F4N2OS2. The Labute approximate surface area is 135 Å².